The summed E-state index contributed by atoms with van der Waals surface area (Å²) in [7, 11) is 0. The summed E-state index contributed by atoms with van der Waals surface area (Å²) in [5.74, 6) is -2.63. The van der Waals surface area contributed by atoms with E-state index in [9.17, 15) is 29.6 Å². The smallest absolute Gasteiger partial charge is 0.358 e. The van der Waals surface area contributed by atoms with Crippen LogP contribution in [0.5, 0.6) is 0 Å². The van der Waals surface area contributed by atoms with Crippen molar-refractivity contribution in [3.8, 4) is 0 Å². The molecule has 4 N–H and O–H groups in total. The SMILES string of the molecule is CCCON=C(C(=O)NC1C(=O)N2C(C(=O)OCc3ccc([N+](=O)[O-])cc3)=C(O)CS[C@@H]12)c1csc(N)n1. The van der Waals surface area contributed by atoms with E-state index in [-0.39, 0.29) is 52.6 Å². The molecule has 1 aromatic heterocycles. The number of non-ortho nitro benzene ring substituents is 1. The van der Waals surface area contributed by atoms with Gasteiger partial charge in [0.2, 0.25) is 0 Å². The Morgan fingerprint density at radius 1 is 1.37 bits per heavy atom. The van der Waals surface area contributed by atoms with Gasteiger partial charge in [-0.1, -0.05) is 12.1 Å². The van der Waals surface area contributed by atoms with E-state index in [0.29, 0.717) is 12.0 Å². The van der Waals surface area contributed by atoms with Gasteiger partial charge in [-0.05, 0) is 24.1 Å². The predicted octanol–water partition coefficient (Wildman–Crippen LogP) is 1.68. The van der Waals surface area contributed by atoms with Crippen LogP contribution in [0.25, 0.3) is 0 Å². The third-order valence-electron chi connectivity index (χ3n) is 5.38. The first kappa shape index (κ1) is 26.9. The number of benzene rings is 1. The van der Waals surface area contributed by atoms with Gasteiger partial charge in [-0.15, -0.1) is 23.1 Å². The van der Waals surface area contributed by atoms with E-state index in [1.807, 2.05) is 6.92 Å². The summed E-state index contributed by atoms with van der Waals surface area (Å²) in [5, 5.41) is 28.7. The maximum atomic E-state index is 13.0. The number of carbonyl (C=O) groups is 3. The van der Waals surface area contributed by atoms with E-state index in [2.05, 4.69) is 15.5 Å². The quantitative estimate of drug-likeness (QED) is 0.0950. The molecule has 0 spiro atoms. The molecule has 0 saturated carbocycles. The van der Waals surface area contributed by atoms with Gasteiger partial charge in [-0.2, -0.15) is 0 Å². The van der Waals surface area contributed by atoms with Crippen LogP contribution < -0.4 is 11.1 Å². The Labute approximate surface area is 223 Å². The van der Waals surface area contributed by atoms with E-state index >= 15 is 0 Å². The fourth-order valence-electron chi connectivity index (χ4n) is 3.54. The summed E-state index contributed by atoms with van der Waals surface area (Å²) in [6.45, 7) is 1.90. The lowest BCUT2D eigenvalue weighted by molar-refractivity contribution is -0.384. The summed E-state index contributed by atoms with van der Waals surface area (Å²) in [6, 6.07) is 4.39. The second-order valence-electron chi connectivity index (χ2n) is 8.00. The van der Waals surface area contributed by atoms with E-state index in [4.69, 9.17) is 15.3 Å². The minimum atomic E-state index is -1.01. The molecule has 1 unspecified atom stereocenters. The third-order valence-corrected chi connectivity index (χ3v) is 7.31. The highest BCUT2D eigenvalue weighted by Crippen LogP contribution is 2.40. The summed E-state index contributed by atoms with van der Waals surface area (Å²) >= 11 is 2.27. The summed E-state index contributed by atoms with van der Waals surface area (Å²) in [6.07, 6.45) is 0.658. The number of nitrogens with zero attached hydrogens (tertiary/aromatic N) is 4. The van der Waals surface area contributed by atoms with Crippen LogP contribution >= 0.6 is 23.1 Å². The molecule has 0 aliphatic carbocycles. The minimum Gasteiger partial charge on any atom is -0.509 e. The summed E-state index contributed by atoms with van der Waals surface area (Å²) < 4.78 is 5.24. The Balaban J connectivity index is 1.43. The number of esters is 1. The molecule has 1 saturated heterocycles. The average Bonchev–Trinajstić information content (AvgIpc) is 3.33. The number of amides is 2. The zero-order valence-corrected chi connectivity index (χ0v) is 21.5. The fourth-order valence-corrected chi connectivity index (χ4v) is 5.28. The number of aliphatic hydroxyl groups is 1. The van der Waals surface area contributed by atoms with E-state index < -0.39 is 34.1 Å². The Hall–Kier alpha value is -4.18. The number of nitrogens with two attached hydrogens (primary N) is 1. The number of ether oxygens (including phenoxy) is 1. The monoisotopic (exact) mass is 562 g/mol. The first-order chi connectivity index (χ1) is 18.2. The third kappa shape index (κ3) is 5.55. The molecule has 16 heteroatoms. The number of thioether (sulfide) groups is 1. The van der Waals surface area contributed by atoms with Crippen LogP contribution in [0, 0.1) is 10.1 Å². The van der Waals surface area contributed by atoms with Gasteiger partial charge in [-0.3, -0.25) is 24.6 Å². The number of thiazole rings is 1. The molecule has 2 amide bonds. The molecule has 0 radical (unpaired) electrons. The number of nitrogen functional groups attached to an aromatic ring is 1. The number of oxime groups is 1. The maximum Gasteiger partial charge on any atom is 0.358 e. The Morgan fingerprint density at radius 3 is 2.74 bits per heavy atom. The van der Waals surface area contributed by atoms with Crippen molar-refractivity contribution in [2.45, 2.75) is 31.4 Å². The molecule has 2 aromatic rings. The molecule has 3 heterocycles. The van der Waals surface area contributed by atoms with Gasteiger partial charge in [0.25, 0.3) is 17.5 Å². The Morgan fingerprint density at radius 2 is 2.11 bits per heavy atom. The van der Waals surface area contributed by atoms with Crippen molar-refractivity contribution in [1.82, 2.24) is 15.2 Å². The van der Waals surface area contributed by atoms with Crippen molar-refractivity contribution in [3.63, 3.8) is 0 Å². The van der Waals surface area contributed by atoms with Crippen molar-refractivity contribution < 1.29 is 34.0 Å². The lowest BCUT2D eigenvalue weighted by atomic mass is 10.0. The van der Waals surface area contributed by atoms with Crippen molar-refractivity contribution in [1.29, 1.82) is 0 Å². The lowest BCUT2D eigenvalue weighted by Gasteiger charge is -2.48. The molecule has 200 valence electrons. The highest BCUT2D eigenvalue weighted by atomic mass is 32.2. The van der Waals surface area contributed by atoms with Crippen LogP contribution in [0.15, 0.2) is 46.3 Å². The van der Waals surface area contributed by atoms with Crippen LogP contribution in [-0.4, -0.2) is 67.2 Å². The van der Waals surface area contributed by atoms with Crippen LogP contribution in [-0.2, 0) is 30.6 Å². The van der Waals surface area contributed by atoms with Gasteiger partial charge in [0.1, 0.15) is 36.1 Å². The average molecular weight is 563 g/mol. The normalized spacial score (nSPS) is 18.9. The highest BCUT2D eigenvalue weighted by Gasteiger charge is 2.55. The molecular weight excluding hydrogens is 540 g/mol. The van der Waals surface area contributed by atoms with E-state index in [1.165, 1.54) is 29.6 Å². The number of aliphatic hydroxyl groups excluding tert-OH is 1. The van der Waals surface area contributed by atoms with Gasteiger partial charge < -0.3 is 25.7 Å². The molecule has 14 nitrogen and oxygen atoms in total. The number of aromatic nitrogens is 1. The van der Waals surface area contributed by atoms with Gasteiger partial charge in [0.05, 0.1) is 10.7 Å². The molecule has 1 aromatic carbocycles. The molecule has 2 atom stereocenters. The first-order valence-electron chi connectivity index (χ1n) is 11.2. The van der Waals surface area contributed by atoms with Crippen molar-refractivity contribution in [2.75, 3.05) is 18.1 Å². The van der Waals surface area contributed by atoms with Crippen LogP contribution in [0.2, 0.25) is 0 Å². The number of rotatable bonds is 10. The molecule has 38 heavy (non-hydrogen) atoms. The minimum absolute atomic E-state index is 0.00591. The summed E-state index contributed by atoms with van der Waals surface area (Å²) in [4.78, 5) is 59.3. The Bertz CT molecular complexity index is 1330. The molecular formula is C22H22N6O8S2. The first-order valence-corrected chi connectivity index (χ1v) is 13.1. The number of hydrogen-bond acceptors (Lipinski definition) is 13. The van der Waals surface area contributed by atoms with Crippen molar-refractivity contribution in [2.24, 2.45) is 5.16 Å². The lowest BCUT2D eigenvalue weighted by Crippen LogP contribution is -2.71. The van der Waals surface area contributed by atoms with Gasteiger partial charge in [0, 0.05) is 17.5 Å². The van der Waals surface area contributed by atoms with Gasteiger partial charge in [0.15, 0.2) is 16.5 Å². The van der Waals surface area contributed by atoms with Crippen LogP contribution in [0.1, 0.15) is 24.6 Å². The van der Waals surface area contributed by atoms with Crippen molar-refractivity contribution >= 4 is 57.4 Å². The van der Waals surface area contributed by atoms with Crippen LogP contribution in [0.3, 0.4) is 0 Å². The number of fused-ring (bicyclic) bond motifs is 1. The zero-order valence-electron chi connectivity index (χ0n) is 19.9. The molecule has 2 aliphatic rings. The number of β-lactam (4-membered cyclic amide) rings is 1. The number of hydrogen-bond donors (Lipinski definition) is 3. The highest BCUT2D eigenvalue weighted by molar-refractivity contribution is 8.00. The number of carbonyl (C=O) groups excluding carboxylic acids is 3. The second-order valence-corrected chi connectivity index (χ2v) is 9.99. The van der Waals surface area contributed by atoms with Crippen molar-refractivity contribution in [3.05, 3.63) is 62.5 Å². The fraction of sp³-hybridized carbons (Fsp3) is 0.318. The number of nitro benzene ring substituents is 1. The predicted molar refractivity (Wildman–Crippen MR) is 137 cm³/mol. The van der Waals surface area contributed by atoms with E-state index in [1.54, 1.807) is 0 Å². The molecule has 0 bridgehead atoms. The number of anilines is 1. The standard InChI is InChI=1S/C22H22N6O8S2/c1-2-7-36-26-15(13-9-38-22(23)24-13)18(30)25-16-19(31)27-17(14(29)10-37-20(16)27)21(32)35-8-11-3-5-12(6-4-11)28(33)34/h3-6,9,16,20,29H,2,7-8,10H2,1H3,(H2,23,24)(H,25,30)/t16?,20-/m0/s1. The molecule has 2 aliphatic heterocycles. The van der Waals surface area contributed by atoms with Gasteiger partial charge in [-0.25, -0.2) is 9.78 Å². The second kappa shape index (κ2) is 11.5. The summed E-state index contributed by atoms with van der Waals surface area (Å²) in [5.41, 5.74) is 5.75. The number of nitro groups is 1. The Kier molecular flexibility index (Phi) is 8.11. The largest absolute Gasteiger partial charge is 0.509 e. The zero-order chi connectivity index (χ0) is 27.4. The van der Waals surface area contributed by atoms with E-state index in [0.717, 1.165) is 28.0 Å². The van der Waals surface area contributed by atoms with Gasteiger partial charge >= 0.3 is 5.97 Å². The van der Waals surface area contributed by atoms with Crippen LogP contribution in [0.4, 0.5) is 10.8 Å². The molecule has 4 rings (SSSR count). The molecule has 1 fully saturated rings. The number of nitrogens with one attached hydrogen (secondary N) is 1. The topological polar surface area (TPSA) is 200 Å². The maximum absolute atomic E-state index is 13.0.